The van der Waals surface area contributed by atoms with Gasteiger partial charge in [-0.15, -0.1) is 24.0 Å². The van der Waals surface area contributed by atoms with Crippen molar-refractivity contribution in [3.05, 3.63) is 34.4 Å². The van der Waals surface area contributed by atoms with Crippen LogP contribution in [-0.4, -0.2) is 47.8 Å². The molecule has 158 valence electrons. The van der Waals surface area contributed by atoms with E-state index in [1.54, 1.807) is 0 Å². The number of aliphatic hydroxyl groups excluding tert-OH is 1. The molecule has 1 aromatic carbocycles. The molecule has 0 spiro atoms. The minimum atomic E-state index is -0.762. The van der Waals surface area contributed by atoms with Crippen LogP contribution in [0.2, 0.25) is 0 Å². The summed E-state index contributed by atoms with van der Waals surface area (Å²) in [6, 6.07) is 6.21. The molecule has 9 heteroatoms. The Balaban J connectivity index is 0.00000392. The molecule has 1 aromatic rings. The molecule has 28 heavy (non-hydrogen) atoms. The monoisotopic (exact) mass is 506 g/mol. The van der Waals surface area contributed by atoms with E-state index in [1.807, 2.05) is 6.92 Å². The van der Waals surface area contributed by atoms with Gasteiger partial charge in [-0.1, -0.05) is 6.92 Å². The number of hydrogen-bond acceptors (Lipinski definition) is 5. The number of ether oxygens (including phenoxy) is 1. The number of nitro groups is 1. The van der Waals surface area contributed by atoms with Crippen LogP contribution >= 0.6 is 24.0 Å². The average Bonchev–Trinajstić information content (AvgIpc) is 2.66. The number of aliphatic imine (C=N–C) groups is 1. The Bertz CT molecular complexity index is 619. The first-order valence-corrected chi connectivity index (χ1v) is 9.58. The van der Waals surface area contributed by atoms with Crippen molar-refractivity contribution in [2.24, 2.45) is 10.9 Å². The number of non-ortho nitro benzene ring substituents is 1. The number of aliphatic hydroxyl groups is 1. The van der Waals surface area contributed by atoms with Gasteiger partial charge >= 0.3 is 0 Å². The standard InChI is InChI=1S/C19H30N4O4.HI/c1-3-20-19(22-15-6-4-14(2)5-7-15)21-12-17(24)13-27-18-10-8-16(9-11-18)23(25)26;/h8-11,14-15,17,24H,3-7,12-13H2,1-2H3,(H2,20,21,22);1H. The first-order chi connectivity index (χ1) is 13.0. The normalized spacial score (nSPS) is 20.6. The summed E-state index contributed by atoms with van der Waals surface area (Å²) in [4.78, 5) is 14.6. The average molecular weight is 506 g/mol. The molecule has 3 N–H and O–H groups in total. The third-order valence-corrected chi connectivity index (χ3v) is 4.65. The minimum Gasteiger partial charge on any atom is -0.491 e. The quantitative estimate of drug-likeness (QED) is 0.164. The molecule has 0 radical (unpaired) electrons. The smallest absolute Gasteiger partial charge is 0.269 e. The van der Waals surface area contributed by atoms with Crippen LogP contribution in [0.1, 0.15) is 39.5 Å². The maximum atomic E-state index is 10.6. The van der Waals surface area contributed by atoms with E-state index in [-0.39, 0.29) is 42.8 Å². The molecule has 1 aliphatic rings. The number of nitro benzene ring substituents is 1. The van der Waals surface area contributed by atoms with Gasteiger partial charge < -0.3 is 20.5 Å². The van der Waals surface area contributed by atoms with Crippen LogP contribution in [0, 0.1) is 16.0 Å². The number of nitrogens with one attached hydrogen (secondary N) is 2. The number of benzene rings is 1. The van der Waals surface area contributed by atoms with Crippen LogP contribution in [0.5, 0.6) is 5.75 Å². The Morgan fingerprint density at radius 1 is 1.32 bits per heavy atom. The van der Waals surface area contributed by atoms with Crippen molar-refractivity contribution in [3.8, 4) is 5.75 Å². The summed E-state index contributed by atoms with van der Waals surface area (Å²) in [7, 11) is 0. The van der Waals surface area contributed by atoms with Gasteiger partial charge in [-0.25, -0.2) is 0 Å². The van der Waals surface area contributed by atoms with Crippen molar-refractivity contribution < 1.29 is 14.8 Å². The number of halogens is 1. The first kappa shape index (κ1) is 24.4. The van der Waals surface area contributed by atoms with Gasteiger partial charge in [0.1, 0.15) is 18.5 Å². The second kappa shape index (κ2) is 12.8. The van der Waals surface area contributed by atoms with Crippen LogP contribution in [0.4, 0.5) is 5.69 Å². The van der Waals surface area contributed by atoms with E-state index in [4.69, 9.17) is 4.74 Å². The second-order valence-corrected chi connectivity index (χ2v) is 7.04. The number of rotatable bonds is 8. The van der Waals surface area contributed by atoms with E-state index in [0.29, 0.717) is 17.8 Å². The molecule has 0 aromatic heterocycles. The zero-order valence-corrected chi connectivity index (χ0v) is 18.8. The molecule has 1 atom stereocenters. The van der Waals surface area contributed by atoms with Crippen molar-refractivity contribution >= 4 is 35.6 Å². The fourth-order valence-corrected chi connectivity index (χ4v) is 3.02. The molecule has 0 saturated heterocycles. The highest BCUT2D eigenvalue weighted by Crippen LogP contribution is 2.23. The van der Waals surface area contributed by atoms with Gasteiger partial charge in [0.2, 0.25) is 0 Å². The van der Waals surface area contributed by atoms with Gasteiger partial charge in [-0.2, -0.15) is 0 Å². The second-order valence-electron chi connectivity index (χ2n) is 7.04. The third-order valence-electron chi connectivity index (χ3n) is 4.65. The molecule has 1 saturated carbocycles. The van der Waals surface area contributed by atoms with Gasteiger partial charge in [0.15, 0.2) is 5.96 Å². The predicted octanol–water partition coefficient (Wildman–Crippen LogP) is 3.09. The first-order valence-electron chi connectivity index (χ1n) is 9.58. The molecule has 0 bridgehead atoms. The summed E-state index contributed by atoms with van der Waals surface area (Å²) in [5, 5.41) is 27.4. The zero-order valence-electron chi connectivity index (χ0n) is 16.5. The van der Waals surface area contributed by atoms with E-state index < -0.39 is 11.0 Å². The Morgan fingerprint density at radius 3 is 2.54 bits per heavy atom. The Kier molecular flexibility index (Phi) is 11.1. The van der Waals surface area contributed by atoms with Crippen LogP contribution in [0.25, 0.3) is 0 Å². The maximum Gasteiger partial charge on any atom is 0.269 e. The van der Waals surface area contributed by atoms with Crippen molar-refractivity contribution in [2.75, 3.05) is 19.7 Å². The van der Waals surface area contributed by atoms with E-state index >= 15 is 0 Å². The molecule has 0 amide bonds. The Morgan fingerprint density at radius 2 is 1.96 bits per heavy atom. The highest BCUT2D eigenvalue weighted by atomic mass is 127. The fourth-order valence-electron chi connectivity index (χ4n) is 3.02. The molecule has 8 nitrogen and oxygen atoms in total. The topological polar surface area (TPSA) is 109 Å². The highest BCUT2D eigenvalue weighted by Gasteiger charge is 2.19. The van der Waals surface area contributed by atoms with Crippen molar-refractivity contribution in [2.45, 2.75) is 51.7 Å². The largest absolute Gasteiger partial charge is 0.491 e. The molecule has 0 aliphatic heterocycles. The predicted molar refractivity (Wildman–Crippen MR) is 121 cm³/mol. The molecular weight excluding hydrogens is 475 g/mol. The van der Waals surface area contributed by atoms with E-state index in [1.165, 1.54) is 37.1 Å². The molecule has 0 heterocycles. The van der Waals surface area contributed by atoms with Crippen molar-refractivity contribution in [1.82, 2.24) is 10.6 Å². The van der Waals surface area contributed by atoms with Crippen LogP contribution in [-0.2, 0) is 0 Å². The van der Waals surface area contributed by atoms with Crippen LogP contribution in [0.3, 0.4) is 0 Å². The lowest BCUT2D eigenvalue weighted by Gasteiger charge is -2.28. The Hall–Kier alpha value is -1.62. The third kappa shape index (κ3) is 8.59. The highest BCUT2D eigenvalue weighted by molar-refractivity contribution is 14.0. The molecule has 2 rings (SSSR count). The summed E-state index contributed by atoms with van der Waals surface area (Å²) < 4.78 is 5.47. The molecule has 1 fully saturated rings. The van der Waals surface area contributed by atoms with E-state index in [2.05, 4.69) is 22.5 Å². The van der Waals surface area contributed by atoms with Crippen LogP contribution < -0.4 is 15.4 Å². The number of hydrogen-bond donors (Lipinski definition) is 3. The summed E-state index contributed by atoms with van der Waals surface area (Å²) in [5.74, 6) is 1.98. The van der Waals surface area contributed by atoms with Crippen LogP contribution in [0.15, 0.2) is 29.3 Å². The summed E-state index contributed by atoms with van der Waals surface area (Å²) in [6.07, 6.45) is 3.96. The van der Waals surface area contributed by atoms with Gasteiger partial charge in [0, 0.05) is 24.7 Å². The lowest BCUT2D eigenvalue weighted by atomic mass is 9.87. The van der Waals surface area contributed by atoms with Gasteiger partial charge in [-0.3, -0.25) is 15.1 Å². The lowest BCUT2D eigenvalue weighted by Crippen LogP contribution is -2.45. The Labute approximate surface area is 183 Å². The van der Waals surface area contributed by atoms with Gasteiger partial charge in [0.25, 0.3) is 5.69 Å². The molecule has 1 aliphatic carbocycles. The minimum absolute atomic E-state index is 0. The van der Waals surface area contributed by atoms with Crippen molar-refractivity contribution in [1.29, 1.82) is 0 Å². The summed E-state index contributed by atoms with van der Waals surface area (Å²) in [5.41, 5.74) is 0.00552. The van der Waals surface area contributed by atoms with Gasteiger partial charge in [0.05, 0.1) is 11.5 Å². The summed E-state index contributed by atoms with van der Waals surface area (Å²) >= 11 is 0. The maximum absolute atomic E-state index is 10.6. The number of nitrogens with zero attached hydrogens (tertiary/aromatic N) is 2. The zero-order chi connectivity index (χ0) is 19.6. The fraction of sp³-hybridized carbons (Fsp3) is 0.632. The van der Waals surface area contributed by atoms with E-state index in [9.17, 15) is 15.2 Å². The van der Waals surface area contributed by atoms with Crippen molar-refractivity contribution in [3.63, 3.8) is 0 Å². The molecular formula is C19H31IN4O4. The van der Waals surface area contributed by atoms with E-state index in [0.717, 1.165) is 25.3 Å². The lowest BCUT2D eigenvalue weighted by molar-refractivity contribution is -0.384. The molecule has 1 unspecified atom stereocenters. The SMILES string of the molecule is CCNC(=NCC(O)COc1ccc([N+](=O)[O-])cc1)NC1CCC(C)CC1.I. The van der Waals surface area contributed by atoms with Gasteiger partial charge in [-0.05, 0) is 50.7 Å². The summed E-state index contributed by atoms with van der Waals surface area (Å²) in [6.45, 7) is 5.34. The number of guanidine groups is 1.